The normalized spacial score (nSPS) is 18.9. The first kappa shape index (κ1) is 16.5. The molecule has 1 fully saturated rings. The number of carbonyl (C=O) groups is 2. The Kier molecular flexibility index (Phi) is 5.95. The molecule has 22 heavy (non-hydrogen) atoms. The van der Waals surface area contributed by atoms with Crippen LogP contribution in [0.25, 0.3) is 0 Å². The predicted octanol–water partition coefficient (Wildman–Crippen LogP) is 2.10. The lowest BCUT2D eigenvalue weighted by Gasteiger charge is -2.25. The van der Waals surface area contributed by atoms with Crippen molar-refractivity contribution in [2.75, 3.05) is 13.7 Å². The number of carboxylic acids is 1. The highest BCUT2D eigenvalue weighted by Crippen LogP contribution is 2.18. The van der Waals surface area contributed by atoms with Crippen molar-refractivity contribution in [2.45, 2.75) is 44.2 Å². The molecule has 0 radical (unpaired) electrons. The van der Waals surface area contributed by atoms with E-state index in [2.05, 4.69) is 0 Å². The zero-order valence-corrected chi connectivity index (χ0v) is 12.9. The third kappa shape index (κ3) is 4.56. The fraction of sp³-hybridized carbons (Fsp3) is 0.529. The summed E-state index contributed by atoms with van der Waals surface area (Å²) < 4.78 is 5.50. The monoisotopic (exact) mass is 305 g/mol. The van der Waals surface area contributed by atoms with E-state index in [1.807, 2.05) is 30.3 Å². The molecule has 0 spiro atoms. The minimum atomic E-state index is -0.975. The Morgan fingerprint density at radius 1 is 1.36 bits per heavy atom. The molecule has 0 aliphatic carbocycles. The van der Waals surface area contributed by atoms with Crippen LogP contribution in [0.1, 0.15) is 31.2 Å². The molecule has 5 heteroatoms. The second-order valence-corrected chi connectivity index (χ2v) is 5.72. The molecule has 1 saturated heterocycles. The maximum absolute atomic E-state index is 12.2. The van der Waals surface area contributed by atoms with Crippen molar-refractivity contribution in [1.82, 2.24) is 4.90 Å². The van der Waals surface area contributed by atoms with Crippen LogP contribution in [0.4, 0.5) is 0 Å². The summed E-state index contributed by atoms with van der Waals surface area (Å²) >= 11 is 0. The second kappa shape index (κ2) is 7.94. The Bertz CT molecular complexity index is 497. The molecular formula is C17H23NO4. The highest BCUT2D eigenvalue weighted by molar-refractivity contribution is 5.83. The van der Waals surface area contributed by atoms with Crippen LogP contribution in [0, 0.1) is 0 Å². The molecule has 5 nitrogen and oxygen atoms in total. The van der Waals surface area contributed by atoms with Gasteiger partial charge in [-0.05, 0) is 24.8 Å². The second-order valence-electron chi connectivity index (χ2n) is 5.72. The molecule has 1 heterocycles. The number of aliphatic carboxylic acids is 1. The number of benzene rings is 1. The molecule has 2 unspecified atom stereocenters. The summed E-state index contributed by atoms with van der Waals surface area (Å²) in [5, 5.41) is 9.42. The Morgan fingerprint density at radius 2 is 2.09 bits per heavy atom. The summed E-state index contributed by atoms with van der Waals surface area (Å²) in [7, 11) is 1.57. The van der Waals surface area contributed by atoms with Gasteiger partial charge in [0.1, 0.15) is 6.04 Å². The van der Waals surface area contributed by atoms with E-state index in [1.165, 1.54) is 4.90 Å². The SMILES string of the molecule is CN(C(=O)CCC1CCCO1)C(Cc1ccccc1)C(=O)O. The number of nitrogens with zero attached hydrogens (tertiary/aromatic N) is 1. The van der Waals surface area contributed by atoms with E-state index >= 15 is 0 Å². The summed E-state index contributed by atoms with van der Waals surface area (Å²) in [6.45, 7) is 0.764. The van der Waals surface area contributed by atoms with E-state index in [-0.39, 0.29) is 12.0 Å². The molecule has 0 bridgehead atoms. The van der Waals surface area contributed by atoms with Crippen molar-refractivity contribution < 1.29 is 19.4 Å². The van der Waals surface area contributed by atoms with E-state index in [9.17, 15) is 14.7 Å². The summed E-state index contributed by atoms with van der Waals surface area (Å²) in [5.74, 6) is -1.12. The standard InChI is InChI=1S/C17H23NO4/c1-18(16(19)10-9-14-8-5-11-22-14)15(17(20)21)12-13-6-3-2-4-7-13/h2-4,6-7,14-15H,5,8-12H2,1H3,(H,20,21). The Morgan fingerprint density at radius 3 is 2.68 bits per heavy atom. The summed E-state index contributed by atoms with van der Waals surface area (Å²) in [4.78, 5) is 25.1. The van der Waals surface area contributed by atoms with Gasteiger partial charge in [0, 0.05) is 26.5 Å². The molecule has 1 aliphatic rings. The zero-order valence-electron chi connectivity index (χ0n) is 12.9. The van der Waals surface area contributed by atoms with E-state index in [0.717, 1.165) is 25.0 Å². The first-order chi connectivity index (χ1) is 10.6. The van der Waals surface area contributed by atoms with E-state index in [0.29, 0.717) is 19.3 Å². The third-order valence-electron chi connectivity index (χ3n) is 4.12. The average Bonchev–Trinajstić information content (AvgIpc) is 3.03. The molecule has 1 aromatic rings. The molecular weight excluding hydrogens is 282 g/mol. The largest absolute Gasteiger partial charge is 0.480 e. The van der Waals surface area contributed by atoms with Crippen LogP contribution in [0.15, 0.2) is 30.3 Å². The van der Waals surface area contributed by atoms with Gasteiger partial charge in [-0.2, -0.15) is 0 Å². The van der Waals surface area contributed by atoms with E-state index in [1.54, 1.807) is 7.05 Å². The van der Waals surface area contributed by atoms with Gasteiger partial charge in [-0.15, -0.1) is 0 Å². The van der Waals surface area contributed by atoms with Crippen molar-refractivity contribution in [2.24, 2.45) is 0 Å². The molecule has 0 aromatic heterocycles. The van der Waals surface area contributed by atoms with Crippen molar-refractivity contribution in [3.63, 3.8) is 0 Å². The van der Waals surface area contributed by atoms with Crippen molar-refractivity contribution in [3.8, 4) is 0 Å². The van der Waals surface area contributed by atoms with Crippen LogP contribution in [-0.4, -0.2) is 47.7 Å². The minimum absolute atomic E-state index is 0.140. The number of ether oxygens (including phenoxy) is 1. The number of rotatable bonds is 7. The van der Waals surface area contributed by atoms with E-state index in [4.69, 9.17) is 4.74 Å². The van der Waals surface area contributed by atoms with Crippen LogP contribution in [0.3, 0.4) is 0 Å². The fourth-order valence-corrected chi connectivity index (χ4v) is 2.73. The summed E-state index contributed by atoms with van der Waals surface area (Å²) in [6, 6.07) is 8.54. The molecule has 1 aromatic carbocycles. The molecule has 1 N–H and O–H groups in total. The Hall–Kier alpha value is -1.88. The predicted molar refractivity (Wildman–Crippen MR) is 82.5 cm³/mol. The molecule has 0 saturated carbocycles. The first-order valence-corrected chi connectivity index (χ1v) is 7.72. The number of hydrogen-bond acceptors (Lipinski definition) is 3. The number of amides is 1. The summed E-state index contributed by atoms with van der Waals surface area (Å²) in [6.07, 6.45) is 3.50. The maximum atomic E-state index is 12.2. The number of carbonyl (C=O) groups excluding carboxylic acids is 1. The van der Waals surface area contributed by atoms with Crippen LogP contribution in [0.5, 0.6) is 0 Å². The lowest BCUT2D eigenvalue weighted by atomic mass is 10.0. The van der Waals surface area contributed by atoms with Crippen molar-refractivity contribution in [3.05, 3.63) is 35.9 Å². The lowest BCUT2D eigenvalue weighted by Crippen LogP contribution is -2.44. The topological polar surface area (TPSA) is 66.8 Å². The third-order valence-corrected chi connectivity index (χ3v) is 4.12. The van der Waals surface area contributed by atoms with Gasteiger partial charge in [-0.3, -0.25) is 4.79 Å². The van der Waals surface area contributed by atoms with Gasteiger partial charge in [0.05, 0.1) is 6.10 Å². The van der Waals surface area contributed by atoms with Crippen LogP contribution < -0.4 is 0 Å². The number of hydrogen-bond donors (Lipinski definition) is 1. The van der Waals surface area contributed by atoms with Crippen LogP contribution in [-0.2, 0) is 20.7 Å². The molecule has 1 aliphatic heterocycles. The van der Waals surface area contributed by atoms with Gasteiger partial charge in [-0.1, -0.05) is 30.3 Å². The van der Waals surface area contributed by atoms with Gasteiger partial charge < -0.3 is 14.7 Å². The number of likely N-dealkylation sites (N-methyl/N-ethyl adjacent to an activating group) is 1. The van der Waals surface area contributed by atoms with Crippen molar-refractivity contribution in [1.29, 1.82) is 0 Å². The minimum Gasteiger partial charge on any atom is -0.480 e. The summed E-state index contributed by atoms with van der Waals surface area (Å²) in [5.41, 5.74) is 0.911. The molecule has 2 rings (SSSR count). The van der Waals surface area contributed by atoms with Gasteiger partial charge in [-0.25, -0.2) is 4.79 Å². The lowest BCUT2D eigenvalue weighted by molar-refractivity contribution is -0.149. The van der Waals surface area contributed by atoms with E-state index < -0.39 is 12.0 Å². The Labute approximate surface area is 130 Å². The average molecular weight is 305 g/mol. The smallest absolute Gasteiger partial charge is 0.326 e. The van der Waals surface area contributed by atoms with Gasteiger partial charge in [0.25, 0.3) is 0 Å². The highest BCUT2D eigenvalue weighted by Gasteiger charge is 2.27. The maximum Gasteiger partial charge on any atom is 0.326 e. The van der Waals surface area contributed by atoms with Gasteiger partial charge >= 0.3 is 5.97 Å². The first-order valence-electron chi connectivity index (χ1n) is 7.72. The fourth-order valence-electron chi connectivity index (χ4n) is 2.73. The molecule has 1 amide bonds. The van der Waals surface area contributed by atoms with Crippen LogP contribution >= 0.6 is 0 Å². The molecule has 120 valence electrons. The van der Waals surface area contributed by atoms with Crippen molar-refractivity contribution >= 4 is 11.9 Å². The molecule has 2 atom stereocenters. The number of carboxylic acid groups (broad SMARTS) is 1. The highest BCUT2D eigenvalue weighted by atomic mass is 16.5. The van der Waals surface area contributed by atoms with Gasteiger partial charge in [0.2, 0.25) is 5.91 Å². The van der Waals surface area contributed by atoms with Gasteiger partial charge in [0.15, 0.2) is 0 Å². The zero-order chi connectivity index (χ0) is 15.9. The Balaban J connectivity index is 1.91. The van der Waals surface area contributed by atoms with Crippen LogP contribution in [0.2, 0.25) is 0 Å². The quantitative estimate of drug-likeness (QED) is 0.837.